The lowest BCUT2D eigenvalue weighted by Gasteiger charge is -2.35. The second-order valence-electron chi connectivity index (χ2n) is 23.8. The average Bonchev–Trinajstić information content (AvgIpc) is 1.48. The summed E-state index contributed by atoms with van der Waals surface area (Å²) in [7, 11) is 0. The molecule has 6 unspecified atom stereocenters. The third kappa shape index (κ3) is 7.78. The summed E-state index contributed by atoms with van der Waals surface area (Å²) in [5.74, 6) is -12.7. The quantitative estimate of drug-likeness (QED) is 0.0905. The number of hydrogen-bond acceptors (Lipinski definition) is 12. The summed E-state index contributed by atoms with van der Waals surface area (Å²) in [5, 5.41) is 5.18. The number of rotatable bonds is 9. The SMILES string of the molecule is O=C1c2cc3c(cc2C(=O)N1Cc1cncc(NC(=O)C(F)(F)F)c1)C1CC3c2c3c(c4c(c21)C1CC4c2cc4c(cc21)C(=O)N(Cc1cncc(NC(=O)C(F)(F)F)c1)C4=O)C1CC3c2cc3c(cc21)C(=O)N(Cc1cncc(NC(=O)C(F)(F)F)c1)C3=O. The molecule has 0 spiro atoms. The lowest BCUT2D eigenvalue weighted by Crippen LogP contribution is -2.30. The molecule has 3 aromatic heterocycles. The van der Waals surface area contributed by atoms with Crippen molar-refractivity contribution in [1.82, 2.24) is 29.7 Å². The van der Waals surface area contributed by atoms with Gasteiger partial charge in [-0.1, -0.05) is 0 Å². The topological polar surface area (TPSA) is 238 Å². The molecule has 0 saturated carbocycles. The van der Waals surface area contributed by atoms with E-state index in [9.17, 15) is 82.7 Å². The van der Waals surface area contributed by atoms with Crippen molar-refractivity contribution < 1.29 is 82.7 Å². The highest BCUT2D eigenvalue weighted by Gasteiger charge is 2.59. The summed E-state index contributed by atoms with van der Waals surface area (Å²) in [6.07, 6.45) is -7.25. The summed E-state index contributed by atoms with van der Waals surface area (Å²) >= 11 is 0. The minimum absolute atomic E-state index is 0.108. The fourth-order valence-corrected chi connectivity index (χ4v) is 15.7. The molecule has 0 fully saturated rings. The smallest absolute Gasteiger partial charge is 0.317 e. The second kappa shape index (κ2) is 18.3. The molecule has 7 aromatic rings. The number of halogens is 9. The highest BCUT2D eigenvalue weighted by atomic mass is 19.4. The van der Waals surface area contributed by atoms with Crippen LogP contribution in [0.1, 0.15) is 200 Å². The van der Waals surface area contributed by atoms with Gasteiger partial charge in [0, 0.05) is 54.1 Å². The van der Waals surface area contributed by atoms with E-state index in [0.29, 0.717) is 19.3 Å². The van der Waals surface area contributed by atoms with Crippen molar-refractivity contribution in [2.75, 3.05) is 16.0 Å². The Balaban J connectivity index is 0.771. The van der Waals surface area contributed by atoms with Gasteiger partial charge in [-0.15, -0.1) is 0 Å². The van der Waals surface area contributed by atoms with E-state index < -0.39 is 91.3 Å². The van der Waals surface area contributed by atoms with Crippen LogP contribution in [0.25, 0.3) is 0 Å². The molecule has 9 aliphatic rings. The van der Waals surface area contributed by atoms with Gasteiger partial charge in [0.05, 0.1) is 88.7 Å². The fraction of sp³-hybridized carbons (Fsp3) is 0.238. The highest BCUT2D eigenvalue weighted by Crippen LogP contribution is 2.72. The molecule has 16 rings (SSSR count). The van der Waals surface area contributed by atoms with Crippen LogP contribution in [0.4, 0.5) is 56.6 Å². The first-order chi connectivity index (χ1) is 42.7. The lowest BCUT2D eigenvalue weighted by molar-refractivity contribution is -0.167. The van der Waals surface area contributed by atoms with Gasteiger partial charge in [-0.3, -0.25) is 72.8 Å². The molecule has 27 heteroatoms. The Morgan fingerprint density at radius 2 is 0.544 bits per heavy atom. The van der Waals surface area contributed by atoms with Crippen molar-refractivity contribution in [2.24, 2.45) is 0 Å². The molecule has 0 saturated heterocycles. The number of pyridine rings is 3. The number of aromatic nitrogens is 3. The fourth-order valence-electron chi connectivity index (χ4n) is 15.7. The molecule has 6 aliphatic carbocycles. The Kier molecular flexibility index (Phi) is 11.2. The highest BCUT2D eigenvalue weighted by molar-refractivity contribution is 6.23. The van der Waals surface area contributed by atoms with Crippen molar-refractivity contribution >= 4 is 70.2 Å². The van der Waals surface area contributed by atoms with Crippen LogP contribution in [0.5, 0.6) is 0 Å². The number of nitrogens with one attached hydrogen (secondary N) is 3. The lowest BCUT2D eigenvalue weighted by atomic mass is 9.68. The minimum atomic E-state index is -5.20. The Morgan fingerprint density at radius 3 is 0.733 bits per heavy atom. The minimum Gasteiger partial charge on any atom is -0.317 e. The first-order valence-corrected chi connectivity index (χ1v) is 28.0. The number of fused-ring (bicyclic) bond motifs is 30. The summed E-state index contributed by atoms with van der Waals surface area (Å²) in [6.45, 7) is -1.18. The largest absolute Gasteiger partial charge is 0.471 e. The second-order valence-corrected chi connectivity index (χ2v) is 23.8. The molecule has 0 radical (unpaired) electrons. The van der Waals surface area contributed by atoms with E-state index in [1.807, 2.05) is 0 Å². The molecule has 3 N–H and O–H groups in total. The number of carbonyl (C=O) groups excluding carboxylic acids is 9. The maximum absolute atomic E-state index is 14.4. The first-order valence-electron chi connectivity index (χ1n) is 28.0. The average molecular weight is 1230 g/mol. The van der Waals surface area contributed by atoms with Crippen LogP contribution in [-0.4, -0.2) is 101 Å². The number of anilines is 3. The monoisotopic (exact) mass is 1230 g/mol. The van der Waals surface area contributed by atoms with E-state index in [4.69, 9.17) is 0 Å². The van der Waals surface area contributed by atoms with E-state index in [2.05, 4.69) is 15.0 Å². The third-order valence-corrected chi connectivity index (χ3v) is 19.0. The molecule has 6 bridgehead atoms. The Bertz CT molecular complexity index is 4020. The predicted molar refractivity (Wildman–Crippen MR) is 290 cm³/mol. The van der Waals surface area contributed by atoms with Gasteiger partial charge in [-0.25, -0.2) is 0 Å². The van der Waals surface area contributed by atoms with Crippen molar-refractivity contribution in [3.63, 3.8) is 0 Å². The van der Waals surface area contributed by atoms with Gasteiger partial charge < -0.3 is 16.0 Å². The summed E-state index contributed by atoms with van der Waals surface area (Å²) in [4.78, 5) is 136. The number of benzene rings is 4. The van der Waals surface area contributed by atoms with Crippen LogP contribution >= 0.6 is 0 Å². The van der Waals surface area contributed by atoms with Gasteiger partial charge in [0.25, 0.3) is 35.4 Å². The molecule has 90 heavy (non-hydrogen) atoms. The standard InChI is InChI=1S/C63H36F9N9O9/c64-61(65,66)58(88)76-25-1-22(13-73-16-25)19-79-52(82)40-4-28-29(5-41(40)53(79)83)35-10-34(28)46-47(35)49-37-12-39(33-9-45-43(7-31(33)37)55(85)81(57(45)87)21-24-3-27(18-75-15-24)78-60(90)63(70,71)72)51(49)50-38-11-36(48(46)50)30-6-42-44(8-32(30)38)56(86)80(54(42)84)20-23-2-26(17-74-14-23)77-59(89)62(67,68)69/h1-9,13-18,34-39H,10-12,19-21H2,(H,76,88)(H,77,89)(H,78,90). The Hall–Kier alpha value is -10.5. The van der Waals surface area contributed by atoms with Gasteiger partial charge in [-0.05, 0) is 157 Å². The van der Waals surface area contributed by atoms with E-state index in [-0.39, 0.29) is 103 Å². The number of imide groups is 3. The van der Waals surface area contributed by atoms with E-state index in [0.717, 1.165) is 100 Å². The van der Waals surface area contributed by atoms with Gasteiger partial charge in [0.15, 0.2) is 0 Å². The molecular weight excluding hydrogens is 1200 g/mol. The van der Waals surface area contributed by atoms with Gasteiger partial charge in [0.1, 0.15) is 0 Å². The van der Waals surface area contributed by atoms with Crippen molar-refractivity contribution in [2.45, 2.75) is 92.9 Å². The zero-order valence-corrected chi connectivity index (χ0v) is 45.6. The maximum atomic E-state index is 14.4. The Morgan fingerprint density at radius 1 is 0.344 bits per heavy atom. The Labute approximate surface area is 498 Å². The molecule has 6 atom stereocenters. The number of hydrogen-bond donors (Lipinski definition) is 3. The first kappa shape index (κ1) is 54.9. The number of alkyl halides is 9. The van der Waals surface area contributed by atoms with Crippen LogP contribution in [-0.2, 0) is 34.0 Å². The normalized spacial score (nSPS) is 21.4. The number of amides is 9. The van der Waals surface area contributed by atoms with E-state index in [1.165, 1.54) is 36.8 Å². The number of carbonyl (C=O) groups is 9. The number of nitrogens with zero attached hydrogens (tertiary/aromatic N) is 6. The molecule has 450 valence electrons. The van der Waals surface area contributed by atoms with Crippen LogP contribution < -0.4 is 16.0 Å². The summed E-state index contributed by atoms with van der Waals surface area (Å²) < 4.78 is 118. The van der Waals surface area contributed by atoms with Crippen LogP contribution in [0.15, 0.2) is 91.8 Å². The molecule has 3 aliphatic heterocycles. The van der Waals surface area contributed by atoms with E-state index >= 15 is 0 Å². The molecular formula is C63H36F9N9O9. The predicted octanol–water partition coefficient (Wildman–Crippen LogP) is 9.71. The summed E-state index contributed by atoms with van der Waals surface area (Å²) in [6, 6.07) is 13.9. The van der Waals surface area contributed by atoms with Crippen LogP contribution in [0.2, 0.25) is 0 Å². The third-order valence-electron chi connectivity index (χ3n) is 19.0. The van der Waals surface area contributed by atoms with Gasteiger partial charge in [-0.2, -0.15) is 39.5 Å². The van der Waals surface area contributed by atoms with Crippen molar-refractivity contribution in [3.8, 4) is 0 Å². The maximum Gasteiger partial charge on any atom is 0.471 e. The molecule has 18 nitrogen and oxygen atoms in total. The van der Waals surface area contributed by atoms with Crippen LogP contribution in [0.3, 0.4) is 0 Å². The van der Waals surface area contributed by atoms with Gasteiger partial charge >= 0.3 is 36.3 Å². The van der Waals surface area contributed by atoms with Crippen molar-refractivity contribution in [1.29, 1.82) is 0 Å². The zero-order chi connectivity index (χ0) is 62.8. The summed E-state index contributed by atoms with van der Waals surface area (Å²) in [5.41, 5.74) is 11.1. The van der Waals surface area contributed by atoms with Crippen molar-refractivity contribution in [3.05, 3.63) is 209 Å². The zero-order valence-electron chi connectivity index (χ0n) is 45.6. The van der Waals surface area contributed by atoms with Gasteiger partial charge in [0.2, 0.25) is 0 Å². The molecule has 6 heterocycles. The van der Waals surface area contributed by atoms with Crippen LogP contribution in [0, 0.1) is 0 Å². The van der Waals surface area contributed by atoms with E-state index in [1.54, 1.807) is 52.3 Å². The molecule has 9 amide bonds. The molecule has 4 aromatic carbocycles.